The van der Waals surface area contributed by atoms with Crippen LogP contribution in [0.25, 0.3) is 0 Å². The van der Waals surface area contributed by atoms with E-state index in [0.717, 1.165) is 6.61 Å². The van der Waals surface area contributed by atoms with Gasteiger partial charge in [-0.3, -0.25) is 14.5 Å². The molecule has 136 valence electrons. The molecule has 1 heterocycles. The van der Waals surface area contributed by atoms with Crippen LogP contribution in [0.5, 0.6) is 0 Å². The number of amides is 2. The molecule has 1 aliphatic heterocycles. The molecular weight excluding hydrogens is 308 g/mol. The van der Waals surface area contributed by atoms with Crippen LogP contribution in [-0.2, 0) is 14.3 Å². The van der Waals surface area contributed by atoms with E-state index in [-0.39, 0.29) is 29.1 Å². The van der Waals surface area contributed by atoms with Gasteiger partial charge in [0.15, 0.2) is 5.96 Å². The van der Waals surface area contributed by atoms with E-state index in [1.54, 1.807) is 7.11 Å². The Morgan fingerprint density at radius 2 is 1.92 bits per heavy atom. The zero-order valence-corrected chi connectivity index (χ0v) is 15.3. The molecule has 0 aromatic heterocycles. The Bertz CT molecular complexity index is 511. The minimum atomic E-state index is -0.439. The van der Waals surface area contributed by atoms with Crippen LogP contribution in [0.2, 0.25) is 0 Å². The molecule has 0 radical (unpaired) electrons. The summed E-state index contributed by atoms with van der Waals surface area (Å²) in [5, 5.41) is 0. The van der Waals surface area contributed by atoms with Crippen LogP contribution in [-0.4, -0.2) is 48.5 Å². The van der Waals surface area contributed by atoms with Gasteiger partial charge in [-0.2, -0.15) is 0 Å². The van der Waals surface area contributed by atoms with Crippen molar-refractivity contribution in [3.63, 3.8) is 0 Å². The van der Waals surface area contributed by atoms with Crippen molar-refractivity contribution in [2.45, 2.75) is 46.1 Å². The number of methoxy groups -OCH3 is 1. The number of nitrogens with zero attached hydrogens (tertiary/aromatic N) is 2. The first kappa shape index (κ1) is 21.9. The molecule has 1 aliphatic carbocycles. The lowest BCUT2D eigenvalue weighted by molar-refractivity contribution is -0.130. The lowest BCUT2D eigenvalue weighted by Crippen LogP contribution is -2.51. The molecule has 0 aromatic carbocycles. The Balaban J connectivity index is 0.000000773. The first-order valence-electron chi connectivity index (χ1n) is 7.83. The van der Waals surface area contributed by atoms with Crippen LogP contribution < -0.4 is 11.5 Å². The molecule has 2 aliphatic rings. The van der Waals surface area contributed by atoms with Crippen molar-refractivity contribution in [2.24, 2.45) is 27.8 Å². The van der Waals surface area contributed by atoms with Crippen molar-refractivity contribution in [3.8, 4) is 12.8 Å². The molecule has 1 saturated carbocycles. The van der Waals surface area contributed by atoms with Crippen LogP contribution >= 0.6 is 0 Å². The molecule has 1 unspecified atom stereocenters. The third-order valence-corrected chi connectivity index (χ3v) is 4.08. The molecule has 2 amide bonds. The molecule has 2 rings (SSSR count). The maximum Gasteiger partial charge on any atom is 0.231 e. The van der Waals surface area contributed by atoms with E-state index in [9.17, 15) is 9.59 Å². The smallest absolute Gasteiger partial charge is 0.231 e. The lowest BCUT2D eigenvalue weighted by Gasteiger charge is -2.34. The maximum absolute atomic E-state index is 12.1. The van der Waals surface area contributed by atoms with E-state index in [1.807, 2.05) is 27.7 Å². The number of nitrogens with two attached hydrogens (primary N) is 2. The highest BCUT2D eigenvalue weighted by atomic mass is 16.5. The molecule has 24 heavy (non-hydrogen) atoms. The second-order valence-corrected chi connectivity index (χ2v) is 6.83. The van der Waals surface area contributed by atoms with Gasteiger partial charge in [-0.25, -0.2) is 4.99 Å². The molecular formula is C17H30N4O3. The van der Waals surface area contributed by atoms with E-state index in [2.05, 4.69) is 22.6 Å². The van der Waals surface area contributed by atoms with Crippen molar-refractivity contribution < 1.29 is 14.3 Å². The van der Waals surface area contributed by atoms with E-state index in [1.165, 1.54) is 4.90 Å². The van der Waals surface area contributed by atoms with Crippen LogP contribution in [0.4, 0.5) is 0 Å². The summed E-state index contributed by atoms with van der Waals surface area (Å²) in [5.41, 5.74) is 10.4. The summed E-state index contributed by atoms with van der Waals surface area (Å²) in [6.45, 7) is 8.90. The number of hydrogen-bond acceptors (Lipinski definition) is 5. The minimum Gasteiger partial charge on any atom is -0.385 e. The number of ether oxygens (including phenoxy) is 1. The Morgan fingerprint density at radius 1 is 1.42 bits per heavy atom. The van der Waals surface area contributed by atoms with Crippen LogP contribution in [0.15, 0.2) is 4.99 Å². The lowest BCUT2D eigenvalue weighted by atomic mass is 9.97. The number of guanidine groups is 1. The monoisotopic (exact) mass is 338 g/mol. The van der Waals surface area contributed by atoms with Crippen molar-refractivity contribution in [2.75, 3.05) is 20.3 Å². The van der Waals surface area contributed by atoms with Gasteiger partial charge in [0.05, 0.1) is 12.0 Å². The molecule has 0 bridgehead atoms. The highest BCUT2D eigenvalue weighted by molar-refractivity contribution is 5.99. The van der Waals surface area contributed by atoms with Gasteiger partial charge in [0, 0.05) is 26.2 Å². The fourth-order valence-electron chi connectivity index (χ4n) is 2.56. The second kappa shape index (κ2) is 8.69. The van der Waals surface area contributed by atoms with Crippen molar-refractivity contribution >= 4 is 17.8 Å². The predicted molar refractivity (Wildman–Crippen MR) is 94.9 cm³/mol. The summed E-state index contributed by atoms with van der Waals surface area (Å²) in [4.78, 5) is 29.0. The van der Waals surface area contributed by atoms with E-state index >= 15 is 0 Å². The van der Waals surface area contributed by atoms with Crippen molar-refractivity contribution in [1.29, 1.82) is 0 Å². The molecule has 0 spiro atoms. The van der Waals surface area contributed by atoms with Gasteiger partial charge in [-0.15, -0.1) is 12.8 Å². The van der Waals surface area contributed by atoms with Gasteiger partial charge in [0.2, 0.25) is 11.8 Å². The quantitative estimate of drug-likeness (QED) is 0.736. The van der Waals surface area contributed by atoms with Gasteiger partial charge < -0.3 is 16.2 Å². The summed E-state index contributed by atoms with van der Waals surface area (Å²) in [6.07, 6.45) is 9.05. The first-order valence-corrected chi connectivity index (χ1v) is 7.83. The topological polar surface area (TPSA) is 111 Å². The highest BCUT2D eigenvalue weighted by Crippen LogP contribution is 2.52. The third kappa shape index (κ3) is 5.85. The molecule has 2 atom stereocenters. The van der Waals surface area contributed by atoms with Crippen LogP contribution in [0, 0.1) is 24.2 Å². The predicted octanol–water partition coefficient (Wildman–Crippen LogP) is 0.726. The second-order valence-electron chi connectivity index (χ2n) is 6.83. The largest absolute Gasteiger partial charge is 0.385 e. The van der Waals surface area contributed by atoms with Gasteiger partial charge in [0.25, 0.3) is 0 Å². The fraction of sp³-hybridized carbons (Fsp3) is 0.706. The van der Waals surface area contributed by atoms with Crippen LogP contribution in [0.1, 0.15) is 40.5 Å². The summed E-state index contributed by atoms with van der Waals surface area (Å²) in [5.74, 6) is -0.262. The summed E-state index contributed by atoms with van der Waals surface area (Å²) < 4.78 is 4.54. The van der Waals surface area contributed by atoms with E-state index in [0.29, 0.717) is 19.4 Å². The number of aliphatic imine (C=N–C) groups is 1. The average molecular weight is 338 g/mol. The summed E-state index contributed by atoms with van der Waals surface area (Å²) >= 11 is 0. The number of hydrogen-bond donors (Lipinski definition) is 2. The average Bonchev–Trinajstić information content (AvgIpc) is 3.17. The summed E-state index contributed by atoms with van der Waals surface area (Å²) in [7, 11) is 1.68. The number of carbonyl (C=O) groups is 2. The van der Waals surface area contributed by atoms with Gasteiger partial charge >= 0.3 is 0 Å². The minimum absolute atomic E-state index is 0.0381. The Labute approximate surface area is 144 Å². The molecule has 0 saturated heterocycles. The van der Waals surface area contributed by atoms with Gasteiger partial charge in [-0.1, -0.05) is 6.92 Å². The molecule has 4 N–H and O–H groups in total. The number of primary amides is 1. The van der Waals surface area contributed by atoms with E-state index < -0.39 is 5.54 Å². The Hall–Kier alpha value is -2.07. The Kier molecular flexibility index (Phi) is 7.94. The fourth-order valence-corrected chi connectivity index (χ4v) is 2.56. The standard InChI is InChI=1S/C12H20N4O2.C3H8O.C2H2/c1-11(2)5-8(17)16(10(14)15-11)6-12(3)4-7(12)9(13)18;1-3-4-2;1-2/h7H,4-6H2,1-3H3,(H2,13,18)(H2,14,15);3H2,1-2H3;1-2H/t7?,12-;;/m1../s1. The third-order valence-electron chi connectivity index (χ3n) is 4.08. The highest BCUT2D eigenvalue weighted by Gasteiger charge is 2.55. The number of rotatable bonds is 4. The zero-order valence-electron chi connectivity index (χ0n) is 15.3. The normalized spacial score (nSPS) is 27.0. The van der Waals surface area contributed by atoms with Gasteiger partial charge in [0.1, 0.15) is 0 Å². The van der Waals surface area contributed by atoms with E-state index in [4.69, 9.17) is 11.5 Å². The summed E-state index contributed by atoms with van der Waals surface area (Å²) in [6, 6.07) is 0. The molecule has 1 fully saturated rings. The number of terminal acetylenes is 1. The van der Waals surface area contributed by atoms with Crippen molar-refractivity contribution in [3.05, 3.63) is 0 Å². The maximum atomic E-state index is 12.1. The van der Waals surface area contributed by atoms with Crippen LogP contribution in [0.3, 0.4) is 0 Å². The Morgan fingerprint density at radius 3 is 2.25 bits per heavy atom. The molecule has 0 aromatic rings. The van der Waals surface area contributed by atoms with Gasteiger partial charge in [-0.05, 0) is 32.6 Å². The molecule has 7 nitrogen and oxygen atoms in total. The number of carbonyl (C=O) groups excluding carboxylic acids is 2. The SMILES string of the molecule is C#C.CC1(C)CC(=O)N(C[C@@]2(C)CC2C(N)=O)C(N)=N1.CCOC. The first-order chi connectivity index (χ1) is 11.1. The zero-order chi connectivity index (χ0) is 19.1. The molecule has 7 heteroatoms. The van der Waals surface area contributed by atoms with Crippen molar-refractivity contribution in [1.82, 2.24) is 4.90 Å².